The number of morpholine rings is 1. The van der Waals surface area contributed by atoms with Crippen LogP contribution >= 0.6 is 0 Å². The lowest BCUT2D eigenvalue weighted by Gasteiger charge is -2.28. The van der Waals surface area contributed by atoms with Crippen molar-refractivity contribution in [3.63, 3.8) is 0 Å². The highest BCUT2D eigenvalue weighted by molar-refractivity contribution is 5.98. The zero-order valence-corrected chi connectivity index (χ0v) is 22.5. The second-order valence-electron chi connectivity index (χ2n) is 10.1. The van der Waals surface area contributed by atoms with Gasteiger partial charge in [-0.2, -0.15) is 4.68 Å². The minimum atomic E-state index is -0.274. The Morgan fingerprint density at radius 3 is 2.65 bits per heavy atom. The summed E-state index contributed by atoms with van der Waals surface area (Å²) in [4.78, 5) is 36.9. The number of rotatable bonds is 6. The number of pyridine rings is 1. The van der Waals surface area contributed by atoms with E-state index >= 15 is 0 Å². The Balaban J connectivity index is 1.47. The molecule has 6 rings (SSSR count). The molecule has 10 nitrogen and oxygen atoms in total. The molecule has 3 aromatic heterocycles. The van der Waals surface area contributed by atoms with Gasteiger partial charge in [0.25, 0.3) is 5.56 Å². The average Bonchev–Trinajstić information content (AvgIpc) is 3.55. The molecule has 5 aromatic rings. The average molecular weight is 542 g/mol. The molecule has 0 radical (unpaired) electrons. The maximum absolute atomic E-state index is 13.7. The van der Waals surface area contributed by atoms with Gasteiger partial charge in [0, 0.05) is 60.7 Å². The molecule has 2 N–H and O–H groups in total. The molecule has 1 unspecified atom stereocenters. The number of carbonyl (C=O) groups excluding carboxylic acids is 1. The molecule has 40 heavy (non-hydrogen) atoms. The second-order valence-corrected chi connectivity index (χ2v) is 10.1. The summed E-state index contributed by atoms with van der Waals surface area (Å²) < 4.78 is 13.9. The van der Waals surface area contributed by atoms with Crippen molar-refractivity contribution in [2.24, 2.45) is 5.92 Å². The molecule has 0 saturated carbocycles. The number of benzene rings is 2. The largest absolute Gasteiger partial charge is 0.496 e. The number of nitrogens with zero attached hydrogens (tertiary/aromatic N) is 4. The van der Waals surface area contributed by atoms with Crippen LogP contribution in [0.25, 0.3) is 44.2 Å². The van der Waals surface area contributed by atoms with Crippen molar-refractivity contribution in [1.29, 1.82) is 0 Å². The lowest BCUT2D eigenvalue weighted by molar-refractivity contribution is 0.0520. The third-order valence-corrected chi connectivity index (χ3v) is 7.45. The fraction of sp³-hybridized carbons (Fsp3) is 0.300. The number of amides is 1. The predicted octanol–water partition coefficient (Wildman–Crippen LogP) is 3.95. The number of para-hydroxylation sites is 1. The number of aliphatic hydroxyl groups is 1. The molecule has 1 amide bonds. The van der Waals surface area contributed by atoms with E-state index in [1.165, 1.54) is 9.36 Å². The van der Waals surface area contributed by atoms with Crippen LogP contribution in [-0.4, -0.2) is 75.4 Å². The molecule has 4 heterocycles. The van der Waals surface area contributed by atoms with E-state index in [1.54, 1.807) is 18.2 Å². The summed E-state index contributed by atoms with van der Waals surface area (Å²) in [5.74, 6) is 0.561. The Morgan fingerprint density at radius 1 is 1.10 bits per heavy atom. The van der Waals surface area contributed by atoms with Gasteiger partial charge >= 0.3 is 6.03 Å². The molecule has 206 valence electrons. The maximum atomic E-state index is 13.7. The molecular formula is C30H31N5O5. The summed E-state index contributed by atoms with van der Waals surface area (Å²) in [7, 11) is 1.65. The second kappa shape index (κ2) is 10.6. The highest BCUT2D eigenvalue weighted by atomic mass is 16.5. The number of hydrogen-bond acceptors (Lipinski definition) is 6. The van der Waals surface area contributed by atoms with Crippen LogP contribution in [0.3, 0.4) is 0 Å². The van der Waals surface area contributed by atoms with Gasteiger partial charge in [-0.15, -0.1) is 0 Å². The molecule has 0 spiro atoms. The number of nitrogens with one attached hydrogen (secondary N) is 1. The molecule has 1 aliphatic heterocycles. The Hall–Kier alpha value is -4.41. The Kier molecular flexibility index (Phi) is 6.87. The van der Waals surface area contributed by atoms with Gasteiger partial charge in [-0.3, -0.25) is 4.79 Å². The van der Waals surface area contributed by atoms with Gasteiger partial charge in [0.05, 0.1) is 31.2 Å². The summed E-state index contributed by atoms with van der Waals surface area (Å²) in [5.41, 5.74) is 4.56. The maximum Gasteiger partial charge on any atom is 0.343 e. The van der Waals surface area contributed by atoms with Crippen molar-refractivity contribution in [2.75, 3.05) is 40.0 Å². The van der Waals surface area contributed by atoms with E-state index in [0.29, 0.717) is 37.2 Å². The van der Waals surface area contributed by atoms with Crippen molar-refractivity contribution < 1.29 is 19.4 Å². The number of aromatic nitrogens is 4. The first-order valence-corrected chi connectivity index (χ1v) is 13.3. The van der Waals surface area contributed by atoms with Crippen LogP contribution in [0.2, 0.25) is 0 Å². The van der Waals surface area contributed by atoms with Gasteiger partial charge in [0.1, 0.15) is 11.4 Å². The topological polar surface area (TPSA) is 115 Å². The van der Waals surface area contributed by atoms with Crippen molar-refractivity contribution in [3.05, 3.63) is 71.3 Å². The zero-order valence-electron chi connectivity index (χ0n) is 22.5. The Labute approximate surface area is 230 Å². The first kappa shape index (κ1) is 25.8. The van der Waals surface area contributed by atoms with Crippen molar-refractivity contribution in [1.82, 2.24) is 24.2 Å². The fourth-order valence-electron chi connectivity index (χ4n) is 5.30. The van der Waals surface area contributed by atoms with E-state index in [4.69, 9.17) is 9.47 Å². The van der Waals surface area contributed by atoms with Crippen molar-refractivity contribution in [3.8, 4) is 28.0 Å². The van der Waals surface area contributed by atoms with E-state index in [0.717, 1.165) is 39.0 Å². The van der Waals surface area contributed by atoms with E-state index in [1.807, 2.05) is 61.7 Å². The molecule has 1 fully saturated rings. The number of methoxy groups -OCH3 is 1. The van der Waals surface area contributed by atoms with Crippen LogP contribution in [0.15, 0.2) is 65.7 Å². The van der Waals surface area contributed by atoms with E-state index in [9.17, 15) is 14.7 Å². The number of aliphatic hydroxyl groups excluding tert-OH is 1. The quantitative estimate of drug-likeness (QED) is 0.337. The highest BCUT2D eigenvalue weighted by Gasteiger charge is 2.26. The van der Waals surface area contributed by atoms with Crippen LogP contribution in [0.1, 0.15) is 6.92 Å². The lowest BCUT2D eigenvalue weighted by Crippen LogP contribution is -2.45. The van der Waals surface area contributed by atoms with Crippen LogP contribution in [0.4, 0.5) is 4.79 Å². The van der Waals surface area contributed by atoms with E-state index in [2.05, 4.69) is 9.97 Å². The van der Waals surface area contributed by atoms with Gasteiger partial charge in [0.15, 0.2) is 0 Å². The normalized spacial score (nSPS) is 14.6. The standard InChI is InChI=1S/C30H31N5O5/c1-19(18-36)17-34-29(37)24-13-20(7-8-26(24)35(34)30(38)33-9-11-40-12-10-33)21-14-23-25(16-32-28(23)31-15-21)22-5-3-4-6-27(22)39-2/h3-8,13-16,19,36H,9-12,17-18H2,1-2H3,(H,31,32). The summed E-state index contributed by atoms with van der Waals surface area (Å²) in [5, 5.41) is 11.0. The van der Waals surface area contributed by atoms with Crippen LogP contribution in [-0.2, 0) is 11.3 Å². The van der Waals surface area contributed by atoms with Crippen LogP contribution in [0, 0.1) is 5.92 Å². The van der Waals surface area contributed by atoms with E-state index < -0.39 is 0 Å². The summed E-state index contributed by atoms with van der Waals surface area (Å²) in [6.07, 6.45) is 3.69. The lowest BCUT2D eigenvalue weighted by atomic mass is 10.0. The number of ether oxygens (including phenoxy) is 2. The first-order chi connectivity index (χ1) is 19.5. The van der Waals surface area contributed by atoms with Gasteiger partial charge in [-0.1, -0.05) is 31.2 Å². The third-order valence-electron chi connectivity index (χ3n) is 7.45. The Bertz CT molecular complexity index is 1760. The SMILES string of the molecule is COc1ccccc1-c1c[nH]c2ncc(-c3ccc4c(c3)c(=O)n(CC(C)CO)n4C(=O)N3CCOCC3)cc12. The minimum absolute atomic E-state index is 0.0954. The number of hydrogen-bond donors (Lipinski definition) is 2. The first-order valence-electron chi connectivity index (χ1n) is 13.3. The highest BCUT2D eigenvalue weighted by Crippen LogP contribution is 2.36. The number of aromatic amines is 1. The minimum Gasteiger partial charge on any atom is -0.496 e. The number of carbonyl (C=O) groups is 1. The van der Waals surface area contributed by atoms with Crippen LogP contribution < -0.4 is 10.3 Å². The molecular weight excluding hydrogens is 510 g/mol. The number of fused-ring (bicyclic) bond motifs is 2. The van der Waals surface area contributed by atoms with Gasteiger partial charge in [-0.25, -0.2) is 14.5 Å². The van der Waals surface area contributed by atoms with Crippen molar-refractivity contribution in [2.45, 2.75) is 13.5 Å². The van der Waals surface area contributed by atoms with Gasteiger partial charge in [0.2, 0.25) is 0 Å². The monoisotopic (exact) mass is 541 g/mol. The number of H-pyrrole nitrogens is 1. The molecule has 1 saturated heterocycles. The Morgan fingerprint density at radius 2 is 1.88 bits per heavy atom. The third kappa shape index (κ3) is 4.44. The van der Waals surface area contributed by atoms with Crippen molar-refractivity contribution >= 4 is 28.0 Å². The molecule has 2 aromatic carbocycles. The summed E-state index contributed by atoms with van der Waals surface area (Å²) in [6.45, 7) is 3.79. The summed E-state index contributed by atoms with van der Waals surface area (Å²) in [6, 6.07) is 15.1. The van der Waals surface area contributed by atoms with E-state index in [-0.39, 0.29) is 30.7 Å². The molecule has 1 atom stereocenters. The van der Waals surface area contributed by atoms with Gasteiger partial charge in [-0.05, 0) is 35.7 Å². The van der Waals surface area contributed by atoms with Gasteiger partial charge < -0.3 is 24.5 Å². The zero-order chi connectivity index (χ0) is 27.8. The predicted molar refractivity (Wildman–Crippen MR) is 153 cm³/mol. The smallest absolute Gasteiger partial charge is 0.343 e. The molecule has 10 heteroatoms. The molecule has 1 aliphatic rings. The molecule has 0 aliphatic carbocycles. The summed E-state index contributed by atoms with van der Waals surface area (Å²) >= 11 is 0. The fourth-order valence-corrected chi connectivity index (χ4v) is 5.30. The van der Waals surface area contributed by atoms with Crippen LogP contribution in [0.5, 0.6) is 5.75 Å². The molecule has 0 bridgehead atoms.